The predicted molar refractivity (Wildman–Crippen MR) is 68.6 cm³/mol. The van der Waals surface area contributed by atoms with Crippen LogP contribution in [0.15, 0.2) is 0 Å². The van der Waals surface area contributed by atoms with E-state index in [2.05, 4.69) is 10.3 Å². The number of nitrogens with one attached hydrogen (secondary N) is 1. The molecule has 1 heterocycles. The van der Waals surface area contributed by atoms with Gasteiger partial charge in [0.05, 0.1) is 12.1 Å². The van der Waals surface area contributed by atoms with Crippen molar-refractivity contribution in [3.8, 4) is 0 Å². The van der Waals surface area contributed by atoms with E-state index in [-0.39, 0.29) is 22.9 Å². The van der Waals surface area contributed by atoms with Gasteiger partial charge in [-0.15, -0.1) is 0 Å². The third-order valence-electron chi connectivity index (χ3n) is 2.19. The highest BCUT2D eigenvalue weighted by Crippen LogP contribution is 2.24. The first-order valence-corrected chi connectivity index (χ1v) is 6.50. The fourth-order valence-electron chi connectivity index (χ4n) is 1.38. The number of aryl methyl sites for hydroxylation is 1. The van der Waals surface area contributed by atoms with Crippen LogP contribution in [0.4, 0.5) is 5.13 Å². The van der Waals surface area contributed by atoms with Crippen molar-refractivity contribution in [1.82, 2.24) is 4.98 Å². The van der Waals surface area contributed by atoms with Gasteiger partial charge in [0, 0.05) is 6.42 Å². The van der Waals surface area contributed by atoms with Crippen LogP contribution in [0.25, 0.3) is 0 Å². The van der Waals surface area contributed by atoms with Gasteiger partial charge in [0.2, 0.25) is 5.91 Å². The topological polar surface area (TPSA) is 117 Å². The first kappa shape index (κ1) is 15.1. The first-order chi connectivity index (χ1) is 8.93. The predicted octanol–water partition coefficient (Wildman–Crippen LogP) is 1.60. The van der Waals surface area contributed by atoms with Gasteiger partial charge in [0.15, 0.2) is 5.13 Å². The summed E-state index contributed by atoms with van der Waals surface area (Å²) in [6, 6.07) is 0. The molecular weight excluding hydrogens is 272 g/mol. The van der Waals surface area contributed by atoms with Crippen LogP contribution < -0.4 is 5.32 Å². The van der Waals surface area contributed by atoms with Crippen LogP contribution in [-0.4, -0.2) is 33.0 Å². The summed E-state index contributed by atoms with van der Waals surface area (Å²) < 4.78 is 0. The Balaban J connectivity index is 2.73. The molecule has 0 saturated heterocycles. The number of nitrogens with zero attached hydrogens (tertiary/aromatic N) is 1. The lowest BCUT2D eigenvalue weighted by atomic mass is 10.2. The van der Waals surface area contributed by atoms with Crippen molar-refractivity contribution in [2.24, 2.45) is 0 Å². The second kappa shape index (κ2) is 6.83. The second-order valence-corrected chi connectivity index (χ2v) is 4.79. The number of carboxylic acids is 2. The summed E-state index contributed by atoms with van der Waals surface area (Å²) in [5.74, 6) is -2.63. The van der Waals surface area contributed by atoms with E-state index in [1.54, 1.807) is 0 Å². The summed E-state index contributed by atoms with van der Waals surface area (Å²) >= 11 is 0.880. The van der Waals surface area contributed by atoms with Gasteiger partial charge in [-0.3, -0.25) is 9.59 Å². The van der Waals surface area contributed by atoms with E-state index in [0.717, 1.165) is 17.8 Å². The molecule has 0 spiro atoms. The van der Waals surface area contributed by atoms with Crippen molar-refractivity contribution in [3.05, 3.63) is 10.6 Å². The highest BCUT2D eigenvalue weighted by atomic mass is 32.1. The SMILES string of the molecule is CCCc1nc(NC(=O)CCC(=O)O)sc1C(=O)O. The van der Waals surface area contributed by atoms with Gasteiger partial charge in [-0.1, -0.05) is 24.7 Å². The van der Waals surface area contributed by atoms with Gasteiger partial charge >= 0.3 is 11.9 Å². The number of aromatic carboxylic acids is 1. The zero-order chi connectivity index (χ0) is 14.4. The number of rotatable bonds is 7. The molecule has 0 fully saturated rings. The minimum absolute atomic E-state index is 0.107. The minimum atomic E-state index is -1.08. The maximum absolute atomic E-state index is 11.4. The van der Waals surface area contributed by atoms with Crippen LogP contribution in [0, 0.1) is 0 Å². The number of aliphatic carboxylic acids is 1. The quantitative estimate of drug-likeness (QED) is 0.701. The van der Waals surface area contributed by atoms with Crippen molar-refractivity contribution < 1.29 is 24.6 Å². The Morgan fingerprint density at radius 1 is 1.26 bits per heavy atom. The Bertz CT molecular complexity index is 497. The number of amides is 1. The van der Waals surface area contributed by atoms with Crippen molar-refractivity contribution in [3.63, 3.8) is 0 Å². The Morgan fingerprint density at radius 2 is 1.95 bits per heavy atom. The molecule has 0 aliphatic rings. The summed E-state index contributed by atoms with van der Waals surface area (Å²) in [6.45, 7) is 1.90. The number of aromatic nitrogens is 1. The van der Waals surface area contributed by atoms with Gasteiger partial charge in [0.25, 0.3) is 0 Å². The molecule has 0 radical (unpaired) electrons. The molecule has 8 heteroatoms. The van der Waals surface area contributed by atoms with Crippen LogP contribution in [0.5, 0.6) is 0 Å². The molecule has 7 nitrogen and oxygen atoms in total. The zero-order valence-corrected chi connectivity index (χ0v) is 11.1. The maximum atomic E-state index is 11.4. The van der Waals surface area contributed by atoms with Crippen LogP contribution in [-0.2, 0) is 16.0 Å². The monoisotopic (exact) mass is 286 g/mol. The molecule has 0 aliphatic heterocycles. The lowest BCUT2D eigenvalue weighted by Crippen LogP contribution is -2.13. The van der Waals surface area contributed by atoms with Gasteiger partial charge in [-0.2, -0.15) is 0 Å². The number of carbonyl (C=O) groups is 3. The molecule has 1 aromatic rings. The first-order valence-electron chi connectivity index (χ1n) is 5.68. The molecule has 19 heavy (non-hydrogen) atoms. The van der Waals surface area contributed by atoms with E-state index < -0.39 is 17.8 Å². The van der Waals surface area contributed by atoms with Gasteiger partial charge in [0.1, 0.15) is 4.88 Å². The van der Waals surface area contributed by atoms with Crippen molar-refractivity contribution in [1.29, 1.82) is 0 Å². The average molecular weight is 286 g/mol. The molecule has 1 aromatic heterocycles. The number of hydrogen-bond acceptors (Lipinski definition) is 5. The summed E-state index contributed by atoms with van der Waals surface area (Å²) in [4.78, 5) is 36.9. The fraction of sp³-hybridized carbons (Fsp3) is 0.455. The number of carboxylic acid groups (broad SMARTS) is 2. The molecular formula is C11H14N2O5S. The molecule has 0 bridgehead atoms. The normalized spacial score (nSPS) is 10.2. The second-order valence-electron chi connectivity index (χ2n) is 3.79. The highest BCUT2D eigenvalue weighted by Gasteiger charge is 2.18. The van der Waals surface area contributed by atoms with Crippen molar-refractivity contribution in [2.45, 2.75) is 32.6 Å². The molecule has 1 amide bonds. The largest absolute Gasteiger partial charge is 0.481 e. The number of thiazole rings is 1. The lowest BCUT2D eigenvalue weighted by Gasteiger charge is -1.98. The van der Waals surface area contributed by atoms with Crippen LogP contribution in [0.2, 0.25) is 0 Å². The Labute approximate surface area is 113 Å². The molecule has 0 aromatic carbocycles. The van der Waals surface area contributed by atoms with E-state index in [4.69, 9.17) is 10.2 Å². The average Bonchev–Trinajstić information content (AvgIpc) is 2.70. The maximum Gasteiger partial charge on any atom is 0.347 e. The molecule has 3 N–H and O–H groups in total. The Hall–Kier alpha value is -1.96. The lowest BCUT2D eigenvalue weighted by molar-refractivity contribution is -0.138. The number of hydrogen-bond donors (Lipinski definition) is 3. The van der Waals surface area contributed by atoms with Crippen molar-refractivity contribution in [2.75, 3.05) is 5.32 Å². The van der Waals surface area contributed by atoms with Gasteiger partial charge < -0.3 is 15.5 Å². The molecule has 104 valence electrons. The number of anilines is 1. The summed E-state index contributed by atoms with van der Waals surface area (Å²) in [5.41, 5.74) is 0.438. The van der Waals surface area contributed by atoms with Gasteiger partial charge in [-0.25, -0.2) is 9.78 Å². The summed E-state index contributed by atoms with van der Waals surface area (Å²) in [6.07, 6.45) is 0.824. The third-order valence-corrected chi connectivity index (χ3v) is 3.19. The highest BCUT2D eigenvalue weighted by molar-refractivity contribution is 7.17. The third kappa shape index (κ3) is 4.66. The van der Waals surface area contributed by atoms with Crippen LogP contribution >= 0.6 is 11.3 Å². The van der Waals surface area contributed by atoms with E-state index in [1.807, 2.05) is 6.92 Å². The smallest absolute Gasteiger partial charge is 0.347 e. The molecule has 0 saturated carbocycles. The molecule has 0 aliphatic carbocycles. The Morgan fingerprint density at radius 3 is 2.47 bits per heavy atom. The van der Waals surface area contributed by atoms with Crippen molar-refractivity contribution >= 4 is 34.3 Å². The molecule has 0 unspecified atom stereocenters. The van der Waals surface area contributed by atoms with Crippen LogP contribution in [0.1, 0.15) is 41.6 Å². The molecule has 0 atom stereocenters. The standard InChI is InChI=1S/C11H14N2O5S/c1-2-3-6-9(10(17)18)19-11(12-6)13-7(14)4-5-8(15)16/h2-5H2,1H3,(H,15,16)(H,17,18)(H,12,13,14). The fourth-order valence-corrected chi connectivity index (χ4v) is 2.25. The van der Waals surface area contributed by atoms with Gasteiger partial charge in [-0.05, 0) is 6.42 Å². The summed E-state index contributed by atoms with van der Waals surface area (Å²) in [7, 11) is 0. The minimum Gasteiger partial charge on any atom is -0.481 e. The van der Waals surface area contributed by atoms with E-state index in [0.29, 0.717) is 12.1 Å². The molecule has 1 rings (SSSR count). The zero-order valence-electron chi connectivity index (χ0n) is 10.3. The van der Waals surface area contributed by atoms with E-state index in [1.165, 1.54) is 0 Å². The Kier molecular flexibility index (Phi) is 5.43. The van der Waals surface area contributed by atoms with E-state index >= 15 is 0 Å². The van der Waals surface area contributed by atoms with E-state index in [9.17, 15) is 14.4 Å². The number of carbonyl (C=O) groups excluding carboxylic acids is 1. The van der Waals surface area contributed by atoms with Crippen LogP contribution in [0.3, 0.4) is 0 Å². The summed E-state index contributed by atoms with van der Waals surface area (Å²) in [5, 5.41) is 20.0.